The van der Waals surface area contributed by atoms with Gasteiger partial charge in [0.1, 0.15) is 0 Å². The smallest absolute Gasteiger partial charge is 0.0532 e. The van der Waals surface area contributed by atoms with Gasteiger partial charge in [-0.15, -0.1) is 0 Å². The average molecular weight is 113 g/mol. The monoisotopic (exact) mass is 113 g/mol. The van der Waals surface area contributed by atoms with Crippen molar-refractivity contribution in [3.63, 3.8) is 0 Å². The van der Waals surface area contributed by atoms with Crippen LogP contribution in [0.25, 0.3) is 0 Å². The fraction of sp³-hybridized carbons (Fsp3) is 0.875. The van der Waals surface area contributed by atoms with Crippen molar-refractivity contribution in [3.8, 4) is 0 Å². The van der Waals surface area contributed by atoms with Crippen LogP contribution in [0.3, 0.4) is 0 Å². The third-order valence-electron chi connectivity index (χ3n) is 1.68. The third kappa shape index (κ3) is 3.06. The first kappa shape index (κ1) is 8.00. The van der Waals surface area contributed by atoms with Crippen LogP contribution in [-0.4, -0.2) is 0 Å². The van der Waals surface area contributed by atoms with Gasteiger partial charge in [0.2, 0.25) is 0 Å². The van der Waals surface area contributed by atoms with E-state index in [0.29, 0.717) is 0 Å². The second-order valence-electron chi connectivity index (χ2n) is 2.35. The third-order valence-corrected chi connectivity index (χ3v) is 1.68. The van der Waals surface area contributed by atoms with E-state index in [1.807, 2.05) is 0 Å². The van der Waals surface area contributed by atoms with E-state index >= 15 is 0 Å². The van der Waals surface area contributed by atoms with Gasteiger partial charge in [-0.05, 0) is 0 Å². The van der Waals surface area contributed by atoms with Crippen molar-refractivity contribution in [1.29, 1.82) is 0 Å². The van der Waals surface area contributed by atoms with Crippen molar-refractivity contribution >= 4 is 0 Å². The SMILES string of the molecule is [CH2-]CC(CC)CCC. The predicted molar refractivity (Wildman–Crippen MR) is 38.7 cm³/mol. The Balaban J connectivity index is 3.07. The van der Waals surface area contributed by atoms with Crippen LogP contribution in [-0.2, 0) is 0 Å². The van der Waals surface area contributed by atoms with Crippen molar-refractivity contribution < 1.29 is 0 Å². The van der Waals surface area contributed by atoms with E-state index in [4.69, 9.17) is 0 Å². The first-order chi connectivity index (χ1) is 3.85. The van der Waals surface area contributed by atoms with Gasteiger partial charge >= 0.3 is 0 Å². The van der Waals surface area contributed by atoms with Crippen LogP contribution in [0.1, 0.15) is 39.5 Å². The zero-order valence-electron chi connectivity index (χ0n) is 6.11. The van der Waals surface area contributed by atoms with Gasteiger partial charge in [-0.3, -0.25) is 0 Å². The summed E-state index contributed by atoms with van der Waals surface area (Å²) >= 11 is 0. The van der Waals surface area contributed by atoms with E-state index in [9.17, 15) is 0 Å². The highest BCUT2D eigenvalue weighted by molar-refractivity contribution is 4.56. The molecule has 0 amide bonds. The predicted octanol–water partition coefficient (Wildman–Crippen LogP) is 3.04. The molecule has 0 spiro atoms. The van der Waals surface area contributed by atoms with Crippen LogP contribution in [0.15, 0.2) is 0 Å². The molecule has 8 heavy (non-hydrogen) atoms. The van der Waals surface area contributed by atoms with E-state index < -0.39 is 0 Å². The highest BCUT2D eigenvalue weighted by Crippen LogP contribution is 2.13. The minimum absolute atomic E-state index is 0.889. The van der Waals surface area contributed by atoms with E-state index in [1.165, 1.54) is 19.3 Å². The molecule has 0 rings (SSSR count). The summed E-state index contributed by atoms with van der Waals surface area (Å²) in [5.74, 6) is 0.889. The average Bonchev–Trinajstić information content (AvgIpc) is 1.83. The second-order valence-corrected chi connectivity index (χ2v) is 2.35. The standard InChI is InChI=1S/C8H17/c1-4-7-8(5-2)6-3/h8H,2,4-7H2,1,3H3/q-1. The molecule has 0 aromatic heterocycles. The molecule has 0 aliphatic rings. The maximum absolute atomic E-state index is 3.88. The molecule has 1 unspecified atom stereocenters. The lowest BCUT2D eigenvalue weighted by atomic mass is 9.98. The number of rotatable bonds is 4. The fourth-order valence-corrected chi connectivity index (χ4v) is 0.961. The van der Waals surface area contributed by atoms with Gasteiger partial charge in [0.15, 0.2) is 0 Å². The van der Waals surface area contributed by atoms with Crippen LogP contribution in [0.5, 0.6) is 0 Å². The molecule has 0 saturated heterocycles. The molecule has 50 valence electrons. The lowest BCUT2D eigenvalue weighted by molar-refractivity contribution is 0.469. The van der Waals surface area contributed by atoms with Gasteiger partial charge in [0.05, 0.1) is 0 Å². The van der Waals surface area contributed by atoms with Gasteiger partial charge in [-0.2, -0.15) is 6.42 Å². The molecule has 0 saturated carbocycles. The van der Waals surface area contributed by atoms with Crippen LogP contribution in [0.2, 0.25) is 0 Å². The van der Waals surface area contributed by atoms with Gasteiger partial charge < -0.3 is 6.92 Å². The van der Waals surface area contributed by atoms with Gasteiger partial charge in [0.25, 0.3) is 0 Å². The molecular weight excluding hydrogens is 96.1 g/mol. The Kier molecular flexibility index (Phi) is 5.14. The second kappa shape index (κ2) is 5.14. The highest BCUT2D eigenvalue weighted by Gasteiger charge is 1.95. The molecule has 0 radical (unpaired) electrons. The van der Waals surface area contributed by atoms with Crippen LogP contribution >= 0.6 is 0 Å². The first-order valence-electron chi connectivity index (χ1n) is 3.64. The maximum atomic E-state index is 3.88. The van der Waals surface area contributed by atoms with Crippen molar-refractivity contribution in [3.05, 3.63) is 6.92 Å². The molecule has 0 heterocycles. The minimum atomic E-state index is 0.889. The zero-order valence-corrected chi connectivity index (χ0v) is 6.11. The van der Waals surface area contributed by atoms with Crippen LogP contribution < -0.4 is 0 Å². The summed E-state index contributed by atoms with van der Waals surface area (Å²) in [5.41, 5.74) is 0. The Hall–Kier alpha value is 0. The largest absolute Gasteiger partial charge is 0.343 e. The topological polar surface area (TPSA) is 0 Å². The molecule has 0 aromatic carbocycles. The lowest BCUT2D eigenvalue weighted by Gasteiger charge is -2.12. The van der Waals surface area contributed by atoms with Crippen molar-refractivity contribution in [2.75, 3.05) is 0 Å². The molecule has 0 heteroatoms. The van der Waals surface area contributed by atoms with Gasteiger partial charge in [-0.25, -0.2) is 0 Å². The van der Waals surface area contributed by atoms with E-state index in [2.05, 4.69) is 20.8 Å². The summed E-state index contributed by atoms with van der Waals surface area (Å²) in [7, 11) is 0. The summed E-state index contributed by atoms with van der Waals surface area (Å²) in [4.78, 5) is 0. The molecule has 1 atom stereocenters. The molecule has 0 N–H and O–H groups in total. The Morgan fingerprint density at radius 3 is 2.12 bits per heavy atom. The Morgan fingerprint density at radius 2 is 2.00 bits per heavy atom. The Labute approximate surface area is 53.3 Å². The summed E-state index contributed by atoms with van der Waals surface area (Å²) < 4.78 is 0. The molecule has 0 aromatic rings. The van der Waals surface area contributed by atoms with E-state index in [-0.39, 0.29) is 0 Å². The molecule has 0 fully saturated rings. The van der Waals surface area contributed by atoms with Crippen molar-refractivity contribution in [2.24, 2.45) is 5.92 Å². The molecule has 0 bridgehead atoms. The number of hydrogen-bond donors (Lipinski definition) is 0. The van der Waals surface area contributed by atoms with Crippen LogP contribution in [0.4, 0.5) is 0 Å². The molecular formula is C8H17-. The molecule has 0 aliphatic carbocycles. The minimum Gasteiger partial charge on any atom is -0.343 e. The number of hydrogen-bond acceptors (Lipinski definition) is 0. The maximum Gasteiger partial charge on any atom is -0.0532 e. The summed E-state index contributed by atoms with van der Waals surface area (Å²) in [6, 6.07) is 0. The molecule has 0 aliphatic heterocycles. The summed E-state index contributed by atoms with van der Waals surface area (Å²) in [5, 5.41) is 0. The quantitative estimate of drug-likeness (QED) is 0.491. The van der Waals surface area contributed by atoms with Crippen molar-refractivity contribution in [1.82, 2.24) is 0 Å². The first-order valence-corrected chi connectivity index (χ1v) is 3.64. The Bertz CT molecular complexity index is 35.3. The van der Waals surface area contributed by atoms with Crippen LogP contribution in [0, 0.1) is 12.8 Å². The van der Waals surface area contributed by atoms with Gasteiger partial charge in [0, 0.05) is 0 Å². The van der Waals surface area contributed by atoms with E-state index in [1.54, 1.807) is 0 Å². The summed E-state index contributed by atoms with van der Waals surface area (Å²) in [6.45, 7) is 8.35. The fourth-order valence-electron chi connectivity index (χ4n) is 0.961. The lowest BCUT2D eigenvalue weighted by Crippen LogP contribution is -1.94. The Morgan fingerprint density at radius 1 is 1.38 bits per heavy atom. The normalized spacial score (nSPS) is 13.9. The van der Waals surface area contributed by atoms with Gasteiger partial charge in [-0.1, -0.05) is 39.0 Å². The molecule has 0 nitrogen and oxygen atoms in total. The van der Waals surface area contributed by atoms with E-state index in [0.717, 1.165) is 12.3 Å². The highest BCUT2D eigenvalue weighted by atomic mass is 14.0. The van der Waals surface area contributed by atoms with Crippen molar-refractivity contribution in [2.45, 2.75) is 39.5 Å². The zero-order chi connectivity index (χ0) is 6.41. The summed E-state index contributed by atoms with van der Waals surface area (Å²) in [6.07, 6.45) is 5.09.